The molecule has 0 spiro atoms. The van der Waals surface area contributed by atoms with E-state index in [1.807, 2.05) is 6.07 Å². The van der Waals surface area contributed by atoms with Crippen molar-refractivity contribution in [1.82, 2.24) is 20.1 Å². The van der Waals surface area contributed by atoms with E-state index in [0.717, 1.165) is 24.6 Å². The van der Waals surface area contributed by atoms with Gasteiger partial charge in [-0.3, -0.25) is 0 Å². The highest BCUT2D eigenvalue weighted by molar-refractivity contribution is 5.17. The second-order valence-corrected chi connectivity index (χ2v) is 5.63. The van der Waals surface area contributed by atoms with Crippen LogP contribution < -0.4 is 5.32 Å². The predicted molar refractivity (Wildman–Crippen MR) is 79.2 cm³/mol. The van der Waals surface area contributed by atoms with Crippen molar-refractivity contribution in [3.8, 4) is 0 Å². The Hall–Kier alpha value is -1.75. The van der Waals surface area contributed by atoms with Crippen molar-refractivity contribution in [2.24, 2.45) is 0 Å². The van der Waals surface area contributed by atoms with Gasteiger partial charge >= 0.3 is 0 Å². The third-order valence-electron chi connectivity index (χ3n) is 4.08. The number of fused-ring (bicyclic) bond motifs is 1. The van der Waals surface area contributed by atoms with Gasteiger partial charge in [-0.05, 0) is 25.8 Å². The number of nitrogens with zero attached hydrogens (tertiary/aromatic N) is 3. The Kier molecular flexibility index (Phi) is 4.29. The van der Waals surface area contributed by atoms with Crippen LogP contribution in [-0.4, -0.2) is 14.8 Å². The monoisotopic (exact) mass is 288 g/mol. The maximum Gasteiger partial charge on any atom is 0.149 e. The highest BCUT2D eigenvalue weighted by atomic mass is 19.1. The summed E-state index contributed by atoms with van der Waals surface area (Å²) in [6, 6.07) is 6.92. The molecule has 0 radical (unpaired) electrons. The van der Waals surface area contributed by atoms with Gasteiger partial charge in [0.1, 0.15) is 17.5 Å². The van der Waals surface area contributed by atoms with Crippen LogP contribution in [0.25, 0.3) is 0 Å². The second-order valence-electron chi connectivity index (χ2n) is 5.63. The Balaban J connectivity index is 1.70. The minimum atomic E-state index is -0.169. The third-order valence-corrected chi connectivity index (χ3v) is 4.08. The van der Waals surface area contributed by atoms with Gasteiger partial charge in [-0.15, -0.1) is 10.2 Å². The molecule has 1 unspecified atom stereocenters. The van der Waals surface area contributed by atoms with Crippen molar-refractivity contribution in [3.05, 3.63) is 47.3 Å². The van der Waals surface area contributed by atoms with Crippen LogP contribution in [0, 0.1) is 5.82 Å². The first-order valence-corrected chi connectivity index (χ1v) is 7.64. The minimum absolute atomic E-state index is 0.0592. The zero-order valence-electron chi connectivity index (χ0n) is 12.3. The van der Waals surface area contributed by atoms with Gasteiger partial charge in [0.15, 0.2) is 0 Å². The number of nitrogens with one attached hydrogen (secondary N) is 1. The molecule has 2 heterocycles. The Morgan fingerprint density at radius 3 is 2.95 bits per heavy atom. The number of rotatable bonds is 4. The van der Waals surface area contributed by atoms with Crippen molar-refractivity contribution in [1.29, 1.82) is 0 Å². The molecule has 2 aromatic rings. The Bertz CT molecular complexity index is 608. The SMILES string of the molecule is CC(NCc1ccccc1F)c1nnc2n1CCCCC2. The summed E-state index contributed by atoms with van der Waals surface area (Å²) in [6.07, 6.45) is 4.63. The van der Waals surface area contributed by atoms with E-state index >= 15 is 0 Å². The van der Waals surface area contributed by atoms with Gasteiger partial charge in [-0.1, -0.05) is 24.6 Å². The Labute approximate surface area is 124 Å². The van der Waals surface area contributed by atoms with Crippen molar-refractivity contribution in [2.45, 2.75) is 51.7 Å². The van der Waals surface area contributed by atoms with Gasteiger partial charge < -0.3 is 9.88 Å². The molecule has 0 saturated carbocycles. The van der Waals surface area contributed by atoms with Crippen molar-refractivity contribution >= 4 is 0 Å². The van der Waals surface area contributed by atoms with E-state index in [9.17, 15) is 4.39 Å². The standard InChI is InChI=1S/C16H21FN4/c1-12(18-11-13-7-4-5-8-14(13)17)16-20-19-15-9-3-2-6-10-21(15)16/h4-5,7-8,12,18H,2-3,6,9-11H2,1H3. The number of benzene rings is 1. The normalized spacial score (nSPS) is 16.3. The predicted octanol–water partition coefficient (Wildman–Crippen LogP) is 2.99. The van der Waals surface area contributed by atoms with Gasteiger partial charge in [-0.25, -0.2) is 4.39 Å². The van der Waals surface area contributed by atoms with Crippen LogP contribution in [0.4, 0.5) is 4.39 Å². The van der Waals surface area contributed by atoms with E-state index in [1.165, 1.54) is 25.3 Å². The van der Waals surface area contributed by atoms with E-state index in [1.54, 1.807) is 12.1 Å². The van der Waals surface area contributed by atoms with Gasteiger partial charge in [0, 0.05) is 25.1 Å². The highest BCUT2D eigenvalue weighted by Crippen LogP contribution is 2.19. The second kappa shape index (κ2) is 6.35. The Morgan fingerprint density at radius 2 is 2.10 bits per heavy atom. The maximum atomic E-state index is 13.6. The van der Waals surface area contributed by atoms with Crippen molar-refractivity contribution < 1.29 is 4.39 Å². The highest BCUT2D eigenvalue weighted by Gasteiger charge is 2.19. The zero-order valence-corrected chi connectivity index (χ0v) is 12.3. The molecule has 4 nitrogen and oxygen atoms in total. The number of hydrogen-bond donors (Lipinski definition) is 1. The van der Waals surface area contributed by atoms with Gasteiger partial charge in [-0.2, -0.15) is 0 Å². The zero-order chi connectivity index (χ0) is 14.7. The van der Waals surface area contributed by atoms with Crippen LogP contribution in [0.5, 0.6) is 0 Å². The summed E-state index contributed by atoms with van der Waals surface area (Å²) in [6.45, 7) is 3.54. The molecule has 112 valence electrons. The molecule has 3 rings (SSSR count). The molecule has 1 aliphatic rings. The number of aryl methyl sites for hydroxylation is 1. The summed E-state index contributed by atoms with van der Waals surface area (Å²) in [5, 5.41) is 12.0. The number of aromatic nitrogens is 3. The van der Waals surface area contributed by atoms with Crippen molar-refractivity contribution in [3.63, 3.8) is 0 Å². The first-order chi connectivity index (χ1) is 10.3. The van der Waals surface area contributed by atoms with E-state index in [4.69, 9.17) is 0 Å². The smallest absolute Gasteiger partial charge is 0.149 e. The van der Waals surface area contributed by atoms with Crippen LogP contribution in [0.15, 0.2) is 24.3 Å². The van der Waals surface area contributed by atoms with Gasteiger partial charge in [0.25, 0.3) is 0 Å². The largest absolute Gasteiger partial charge is 0.314 e. The lowest BCUT2D eigenvalue weighted by Crippen LogP contribution is -2.22. The lowest BCUT2D eigenvalue weighted by atomic mass is 10.2. The van der Waals surface area contributed by atoms with E-state index in [-0.39, 0.29) is 11.9 Å². The quantitative estimate of drug-likeness (QED) is 0.940. The van der Waals surface area contributed by atoms with Crippen LogP contribution in [0.3, 0.4) is 0 Å². The first-order valence-electron chi connectivity index (χ1n) is 7.64. The summed E-state index contributed by atoms with van der Waals surface area (Å²) in [5.41, 5.74) is 0.681. The summed E-state index contributed by atoms with van der Waals surface area (Å²) in [4.78, 5) is 0. The average Bonchev–Trinajstić information content (AvgIpc) is 2.75. The molecular weight excluding hydrogens is 267 g/mol. The summed E-state index contributed by atoms with van der Waals surface area (Å²) in [7, 11) is 0. The molecule has 21 heavy (non-hydrogen) atoms. The molecule has 1 aromatic carbocycles. The summed E-state index contributed by atoms with van der Waals surface area (Å²) in [5.74, 6) is 1.88. The molecular formula is C16H21FN4. The minimum Gasteiger partial charge on any atom is -0.314 e. The molecule has 0 fully saturated rings. The molecule has 1 aliphatic heterocycles. The molecule has 0 bridgehead atoms. The molecule has 0 amide bonds. The summed E-state index contributed by atoms with van der Waals surface area (Å²) < 4.78 is 15.9. The van der Waals surface area contributed by atoms with E-state index < -0.39 is 0 Å². The first kappa shape index (κ1) is 14.2. The fourth-order valence-electron chi connectivity index (χ4n) is 2.82. The lowest BCUT2D eigenvalue weighted by molar-refractivity contribution is 0.492. The fourth-order valence-corrected chi connectivity index (χ4v) is 2.82. The fraction of sp³-hybridized carbons (Fsp3) is 0.500. The molecule has 0 saturated heterocycles. The maximum absolute atomic E-state index is 13.6. The van der Waals surface area contributed by atoms with E-state index in [0.29, 0.717) is 12.1 Å². The van der Waals surface area contributed by atoms with Crippen LogP contribution in [0.1, 0.15) is 49.4 Å². The lowest BCUT2D eigenvalue weighted by Gasteiger charge is -2.15. The molecule has 1 N–H and O–H groups in total. The molecule has 1 atom stereocenters. The van der Waals surface area contributed by atoms with Gasteiger partial charge in [0.2, 0.25) is 0 Å². The van der Waals surface area contributed by atoms with Crippen molar-refractivity contribution in [2.75, 3.05) is 0 Å². The summed E-state index contributed by atoms with van der Waals surface area (Å²) >= 11 is 0. The van der Waals surface area contributed by atoms with Crippen LogP contribution in [0.2, 0.25) is 0 Å². The third kappa shape index (κ3) is 3.13. The topological polar surface area (TPSA) is 42.7 Å². The molecule has 0 aliphatic carbocycles. The van der Waals surface area contributed by atoms with Crippen LogP contribution in [-0.2, 0) is 19.5 Å². The molecule has 1 aromatic heterocycles. The van der Waals surface area contributed by atoms with Crippen LogP contribution >= 0.6 is 0 Å². The van der Waals surface area contributed by atoms with E-state index in [2.05, 4.69) is 27.0 Å². The van der Waals surface area contributed by atoms with Gasteiger partial charge in [0.05, 0.1) is 6.04 Å². The molecule has 5 heteroatoms. The Morgan fingerprint density at radius 1 is 1.24 bits per heavy atom. The average molecular weight is 288 g/mol. The number of hydrogen-bond acceptors (Lipinski definition) is 3. The number of halogens is 1.